The molecule has 1 aromatic carbocycles. The summed E-state index contributed by atoms with van der Waals surface area (Å²) in [6.07, 6.45) is 0. The normalized spacial score (nSPS) is 6.78. The molecule has 0 aromatic heterocycles. The molecular weight excluding hydrogens is 192 g/mol. The predicted octanol–water partition coefficient (Wildman–Crippen LogP) is 2.05. The zero-order chi connectivity index (χ0) is 5.11. The van der Waals surface area contributed by atoms with Gasteiger partial charge in [-0.15, -0.1) is 24.5 Å². The third kappa shape index (κ3) is 4.56. The van der Waals surface area contributed by atoms with Crippen LogP contribution in [-0.4, -0.2) is 0 Å². The van der Waals surface area contributed by atoms with Crippen LogP contribution in [0.25, 0.3) is 0 Å². The Balaban J connectivity index is 0. The summed E-state index contributed by atoms with van der Waals surface area (Å²) >= 11 is 0. The fraction of sp³-hybridized carbons (Fsp3) is 0. The van der Waals surface area contributed by atoms with Crippen LogP contribution in [0, 0.1) is 11.9 Å². The molecule has 0 saturated carbocycles. The number of halogens is 2. The Morgan fingerprint density at radius 2 is 2.00 bits per heavy atom. The molecule has 0 fully saturated rings. The molecule has 0 radical (unpaired) electrons. The Morgan fingerprint density at radius 1 is 1.33 bits per heavy atom. The van der Waals surface area contributed by atoms with Crippen molar-refractivity contribution in [1.29, 1.82) is 0 Å². The maximum atomic E-state index is 11.9. The maximum absolute atomic E-state index is 11.9. The predicted molar refractivity (Wildman–Crippen MR) is 32.5 cm³/mol. The van der Waals surface area contributed by atoms with Crippen molar-refractivity contribution < 1.29 is 23.9 Å². The molecule has 3 heteroatoms. The molecule has 0 atom stereocenters. The first-order valence-corrected chi connectivity index (χ1v) is 2.02. The minimum atomic E-state index is -0.303. The van der Waals surface area contributed by atoms with Gasteiger partial charge in [-0.05, 0) is 0 Å². The third-order valence-electron chi connectivity index (χ3n) is 0.671. The van der Waals surface area contributed by atoms with Crippen molar-refractivity contribution >= 4 is 12.4 Å². The molecule has 0 unspecified atom stereocenters. The van der Waals surface area contributed by atoms with Gasteiger partial charge in [0.1, 0.15) is 0 Å². The van der Waals surface area contributed by atoms with Crippen LogP contribution in [0.15, 0.2) is 24.3 Å². The number of hydrogen-bond donors (Lipinski definition) is 0. The molecule has 0 aliphatic rings. The molecular formula is C6H5ClFZn-. The van der Waals surface area contributed by atoms with E-state index in [4.69, 9.17) is 0 Å². The zero-order valence-electron chi connectivity index (χ0n) is 4.80. The van der Waals surface area contributed by atoms with Gasteiger partial charge in [0.15, 0.2) is 0 Å². The summed E-state index contributed by atoms with van der Waals surface area (Å²) in [5, 5.41) is 0. The first kappa shape index (κ1) is 11.8. The van der Waals surface area contributed by atoms with Crippen molar-refractivity contribution in [2.24, 2.45) is 0 Å². The Morgan fingerprint density at radius 3 is 2.22 bits per heavy atom. The van der Waals surface area contributed by atoms with E-state index >= 15 is 0 Å². The van der Waals surface area contributed by atoms with Crippen LogP contribution in [0.1, 0.15) is 0 Å². The van der Waals surface area contributed by atoms with Crippen molar-refractivity contribution in [2.45, 2.75) is 0 Å². The molecule has 0 amide bonds. The van der Waals surface area contributed by atoms with Crippen LogP contribution in [0.5, 0.6) is 0 Å². The van der Waals surface area contributed by atoms with Gasteiger partial charge >= 0.3 is 0 Å². The second-order valence-corrected chi connectivity index (χ2v) is 1.21. The van der Waals surface area contributed by atoms with E-state index in [1.807, 2.05) is 0 Å². The molecule has 0 aliphatic heterocycles. The van der Waals surface area contributed by atoms with Crippen LogP contribution in [-0.2, 0) is 19.5 Å². The maximum Gasteiger partial charge on any atom is 0.0108 e. The monoisotopic (exact) mass is 195 g/mol. The van der Waals surface area contributed by atoms with E-state index in [9.17, 15) is 4.39 Å². The standard InChI is InChI=1S/C6H4F.ClH.Zn/c7-6-4-2-1-3-5-6;;/h1-4H;1H;/q-1;;. The van der Waals surface area contributed by atoms with Crippen molar-refractivity contribution in [1.82, 2.24) is 0 Å². The van der Waals surface area contributed by atoms with Gasteiger partial charge in [-0.3, -0.25) is 0 Å². The van der Waals surface area contributed by atoms with Crippen LogP contribution < -0.4 is 0 Å². The summed E-state index contributed by atoms with van der Waals surface area (Å²) in [6, 6.07) is 8.62. The minimum absolute atomic E-state index is 0. The average molecular weight is 197 g/mol. The summed E-state index contributed by atoms with van der Waals surface area (Å²) in [7, 11) is 0. The largest absolute Gasteiger partial charge is 0.236 e. The van der Waals surface area contributed by atoms with Gasteiger partial charge in [0.05, 0.1) is 0 Å². The summed E-state index contributed by atoms with van der Waals surface area (Å²) < 4.78 is 11.9. The van der Waals surface area contributed by atoms with E-state index in [1.165, 1.54) is 12.1 Å². The van der Waals surface area contributed by atoms with E-state index < -0.39 is 0 Å². The Kier molecular flexibility index (Phi) is 8.12. The SMILES string of the molecule is Cl.Fc1[c-]cccc1.[Zn]. The van der Waals surface area contributed by atoms with Crippen molar-refractivity contribution in [3.63, 3.8) is 0 Å². The third-order valence-corrected chi connectivity index (χ3v) is 0.671. The van der Waals surface area contributed by atoms with Gasteiger partial charge in [-0.25, -0.2) is 4.39 Å². The first-order chi connectivity index (χ1) is 3.39. The molecule has 0 bridgehead atoms. The second kappa shape index (κ2) is 6.19. The number of rotatable bonds is 0. The first-order valence-electron chi connectivity index (χ1n) is 2.02. The van der Waals surface area contributed by atoms with E-state index in [0.29, 0.717) is 0 Å². The number of hydrogen-bond acceptors (Lipinski definition) is 0. The summed E-state index contributed by atoms with van der Waals surface area (Å²) in [4.78, 5) is 0. The van der Waals surface area contributed by atoms with E-state index in [2.05, 4.69) is 6.07 Å². The van der Waals surface area contributed by atoms with Gasteiger partial charge in [0, 0.05) is 25.3 Å². The minimum Gasteiger partial charge on any atom is -0.236 e. The molecule has 0 nitrogen and oxygen atoms in total. The molecule has 0 aliphatic carbocycles. The van der Waals surface area contributed by atoms with Crippen LogP contribution in [0.3, 0.4) is 0 Å². The van der Waals surface area contributed by atoms with Gasteiger partial charge in [-0.1, -0.05) is 0 Å². The van der Waals surface area contributed by atoms with Gasteiger partial charge in [0.25, 0.3) is 0 Å². The molecule has 0 N–H and O–H groups in total. The van der Waals surface area contributed by atoms with E-state index in [-0.39, 0.29) is 37.7 Å². The van der Waals surface area contributed by atoms with Crippen LogP contribution >= 0.6 is 12.4 Å². The summed E-state index contributed by atoms with van der Waals surface area (Å²) in [5.41, 5.74) is 0. The summed E-state index contributed by atoms with van der Waals surface area (Å²) in [6.45, 7) is 0. The summed E-state index contributed by atoms with van der Waals surface area (Å²) in [5.74, 6) is -0.303. The molecule has 9 heavy (non-hydrogen) atoms. The molecule has 0 heterocycles. The van der Waals surface area contributed by atoms with E-state index in [1.54, 1.807) is 12.1 Å². The molecule has 0 spiro atoms. The van der Waals surface area contributed by atoms with Crippen molar-refractivity contribution in [2.75, 3.05) is 0 Å². The van der Waals surface area contributed by atoms with Crippen molar-refractivity contribution in [3.05, 3.63) is 36.1 Å². The molecule has 46 valence electrons. The van der Waals surface area contributed by atoms with Gasteiger partial charge in [-0.2, -0.15) is 18.2 Å². The fourth-order valence-corrected chi connectivity index (χ4v) is 0.371. The topological polar surface area (TPSA) is 0 Å². The number of benzene rings is 1. The Bertz CT molecular complexity index is 143. The van der Waals surface area contributed by atoms with Crippen molar-refractivity contribution in [3.8, 4) is 0 Å². The smallest absolute Gasteiger partial charge is 0.0108 e. The average Bonchev–Trinajstić information content (AvgIpc) is 1.69. The van der Waals surface area contributed by atoms with E-state index in [0.717, 1.165) is 0 Å². The quantitative estimate of drug-likeness (QED) is 0.441. The van der Waals surface area contributed by atoms with Gasteiger partial charge < -0.3 is 0 Å². The molecule has 1 rings (SSSR count). The molecule has 1 aromatic rings. The van der Waals surface area contributed by atoms with Crippen LogP contribution in [0.2, 0.25) is 0 Å². The second-order valence-electron chi connectivity index (χ2n) is 1.21. The van der Waals surface area contributed by atoms with Gasteiger partial charge in [0.2, 0.25) is 0 Å². The zero-order valence-corrected chi connectivity index (χ0v) is 8.59. The Labute approximate surface area is 72.6 Å². The Hall–Kier alpha value is 0.0634. The fourth-order valence-electron chi connectivity index (χ4n) is 0.371. The van der Waals surface area contributed by atoms with Crippen LogP contribution in [0.4, 0.5) is 4.39 Å². The molecule has 0 saturated heterocycles.